The van der Waals surface area contributed by atoms with E-state index in [1.54, 1.807) is 7.11 Å². The summed E-state index contributed by atoms with van der Waals surface area (Å²) in [6.45, 7) is 2.56. The van der Waals surface area contributed by atoms with Gasteiger partial charge in [-0.1, -0.05) is 6.07 Å². The molecule has 3 aromatic rings. The van der Waals surface area contributed by atoms with Crippen molar-refractivity contribution >= 4 is 16.6 Å². The number of nitrogen functional groups attached to an aromatic ring is 1. The number of hydrogen-bond acceptors (Lipinski definition) is 5. The van der Waals surface area contributed by atoms with Crippen molar-refractivity contribution in [3.63, 3.8) is 0 Å². The third kappa shape index (κ3) is 2.71. The van der Waals surface area contributed by atoms with Crippen LogP contribution in [0.4, 0.5) is 5.69 Å². The van der Waals surface area contributed by atoms with Gasteiger partial charge in [-0.05, 0) is 43.2 Å². The molecular weight excluding hydrogens is 300 g/mol. The molecule has 0 aliphatic heterocycles. The summed E-state index contributed by atoms with van der Waals surface area (Å²) in [5.41, 5.74) is 10.8. The predicted octanol–water partition coefficient (Wildman–Crippen LogP) is 3.33. The maximum atomic E-state index is 5.93. The van der Waals surface area contributed by atoms with Gasteiger partial charge in [0, 0.05) is 47.6 Å². The van der Waals surface area contributed by atoms with Gasteiger partial charge in [0.1, 0.15) is 5.82 Å². The number of methoxy groups -OCH3 is 1. The van der Waals surface area contributed by atoms with E-state index in [1.165, 1.54) is 0 Å². The topological polar surface area (TPSA) is 73.9 Å². The molecule has 0 spiro atoms. The van der Waals surface area contributed by atoms with Crippen molar-refractivity contribution in [2.75, 3.05) is 12.8 Å². The molecule has 2 heterocycles. The average Bonchev–Trinajstić information content (AvgIpc) is 3.35. The molecule has 1 fully saturated rings. The Bertz CT molecular complexity index is 909. The number of anilines is 1. The number of ether oxygens (including phenoxy) is 1. The molecule has 24 heavy (non-hydrogen) atoms. The first-order valence-electron chi connectivity index (χ1n) is 8.13. The first-order chi connectivity index (χ1) is 11.7. The van der Waals surface area contributed by atoms with Crippen molar-refractivity contribution in [2.45, 2.75) is 31.8 Å². The average molecular weight is 320 g/mol. The second-order valence-corrected chi connectivity index (χ2v) is 6.42. The monoisotopic (exact) mass is 320 g/mol. The zero-order valence-corrected chi connectivity index (χ0v) is 13.9. The van der Waals surface area contributed by atoms with Gasteiger partial charge in [-0.25, -0.2) is 9.97 Å². The Hall–Kier alpha value is -2.53. The lowest BCUT2D eigenvalue weighted by Crippen LogP contribution is -1.99. The minimum Gasteiger partial charge on any atom is -0.399 e. The zero-order valence-electron chi connectivity index (χ0n) is 13.9. The van der Waals surface area contributed by atoms with E-state index in [0.29, 0.717) is 18.4 Å². The van der Waals surface area contributed by atoms with Crippen LogP contribution in [-0.2, 0) is 11.3 Å². The molecule has 1 aromatic carbocycles. The second kappa shape index (κ2) is 5.83. The maximum Gasteiger partial charge on any atom is 0.132 e. The molecule has 0 radical (unpaired) electrons. The van der Waals surface area contributed by atoms with Crippen molar-refractivity contribution < 1.29 is 4.74 Å². The number of fused-ring (bicyclic) bond motifs is 1. The summed E-state index contributed by atoms with van der Waals surface area (Å²) in [6, 6.07) is 9.93. The summed E-state index contributed by atoms with van der Waals surface area (Å²) in [5, 5.41) is 1.10. The van der Waals surface area contributed by atoms with Gasteiger partial charge in [-0.2, -0.15) is 0 Å². The molecule has 5 heteroatoms. The first-order valence-corrected chi connectivity index (χ1v) is 8.13. The summed E-state index contributed by atoms with van der Waals surface area (Å²) >= 11 is 0. The fourth-order valence-corrected chi connectivity index (χ4v) is 3.26. The molecule has 0 saturated heterocycles. The first kappa shape index (κ1) is 15.0. The lowest BCUT2D eigenvalue weighted by Gasteiger charge is -2.10. The highest BCUT2D eigenvalue weighted by molar-refractivity contribution is 5.85. The summed E-state index contributed by atoms with van der Waals surface area (Å²) in [6.07, 6.45) is 2.87. The molecule has 122 valence electrons. The summed E-state index contributed by atoms with van der Waals surface area (Å²) in [5.74, 6) is 1.64. The van der Waals surface area contributed by atoms with Gasteiger partial charge < -0.3 is 10.5 Å². The highest BCUT2D eigenvalue weighted by atomic mass is 16.5. The van der Waals surface area contributed by atoms with Crippen LogP contribution in [0.3, 0.4) is 0 Å². The predicted molar refractivity (Wildman–Crippen MR) is 93.7 cm³/mol. The molecule has 0 bridgehead atoms. The number of aryl methyl sites for hydroxylation is 1. The molecule has 0 unspecified atom stereocenters. The molecule has 1 aliphatic rings. The quantitative estimate of drug-likeness (QED) is 0.746. The van der Waals surface area contributed by atoms with E-state index in [-0.39, 0.29) is 0 Å². The molecule has 1 saturated carbocycles. The standard InChI is InChI=1S/C19H20N4O/c1-11-5-6-21-19(22-11)16-9-15(16)17-7-12(10-24-2)14-4-3-13(20)8-18(14)23-17/h3-8,15-16H,9-10,20H2,1-2H3/t15-,16-/m0/s1. The Kier molecular flexibility index (Phi) is 3.65. The fraction of sp³-hybridized carbons (Fsp3) is 0.316. The Balaban J connectivity index is 1.72. The molecule has 0 amide bonds. The van der Waals surface area contributed by atoms with Gasteiger partial charge in [0.15, 0.2) is 0 Å². The highest BCUT2D eigenvalue weighted by Crippen LogP contribution is 2.53. The Morgan fingerprint density at radius 1 is 1.17 bits per heavy atom. The number of aromatic nitrogens is 3. The molecule has 2 atom stereocenters. The molecule has 5 nitrogen and oxygen atoms in total. The van der Waals surface area contributed by atoms with Crippen molar-refractivity contribution in [2.24, 2.45) is 0 Å². The fourth-order valence-electron chi connectivity index (χ4n) is 3.26. The van der Waals surface area contributed by atoms with Crippen LogP contribution in [0.25, 0.3) is 10.9 Å². The van der Waals surface area contributed by atoms with Crippen molar-refractivity contribution in [1.29, 1.82) is 0 Å². The van der Waals surface area contributed by atoms with E-state index in [4.69, 9.17) is 15.5 Å². The molecular formula is C19H20N4O. The summed E-state index contributed by atoms with van der Waals surface area (Å²) < 4.78 is 5.36. The third-order valence-electron chi connectivity index (χ3n) is 4.55. The molecule has 1 aliphatic carbocycles. The lowest BCUT2D eigenvalue weighted by atomic mass is 10.1. The van der Waals surface area contributed by atoms with E-state index in [2.05, 4.69) is 16.0 Å². The van der Waals surface area contributed by atoms with Crippen LogP contribution in [0.1, 0.15) is 41.0 Å². The van der Waals surface area contributed by atoms with Crippen LogP contribution in [0.2, 0.25) is 0 Å². The van der Waals surface area contributed by atoms with E-state index < -0.39 is 0 Å². The van der Waals surface area contributed by atoms with E-state index in [1.807, 2.05) is 37.4 Å². The smallest absolute Gasteiger partial charge is 0.132 e. The van der Waals surface area contributed by atoms with Gasteiger partial charge in [-0.15, -0.1) is 0 Å². The van der Waals surface area contributed by atoms with Crippen LogP contribution in [0.15, 0.2) is 36.5 Å². The molecule has 2 N–H and O–H groups in total. The van der Waals surface area contributed by atoms with Crippen molar-refractivity contribution in [1.82, 2.24) is 15.0 Å². The zero-order chi connectivity index (χ0) is 16.7. The Morgan fingerprint density at radius 2 is 2.04 bits per heavy atom. The van der Waals surface area contributed by atoms with Crippen LogP contribution >= 0.6 is 0 Å². The van der Waals surface area contributed by atoms with Gasteiger partial charge in [0.05, 0.1) is 12.1 Å². The Labute approximate surface area is 140 Å². The van der Waals surface area contributed by atoms with Crippen molar-refractivity contribution in [3.05, 3.63) is 59.3 Å². The van der Waals surface area contributed by atoms with Crippen molar-refractivity contribution in [3.8, 4) is 0 Å². The number of nitrogens with two attached hydrogens (primary N) is 1. The number of benzene rings is 1. The Morgan fingerprint density at radius 3 is 2.83 bits per heavy atom. The third-order valence-corrected chi connectivity index (χ3v) is 4.55. The normalized spacial score (nSPS) is 19.6. The SMILES string of the molecule is COCc1cc([C@H]2C[C@@H]2c2nccc(C)n2)nc2cc(N)ccc12. The number of nitrogens with zero attached hydrogens (tertiary/aromatic N) is 3. The number of rotatable bonds is 4. The van der Waals surface area contributed by atoms with Crippen LogP contribution in [0.5, 0.6) is 0 Å². The van der Waals surface area contributed by atoms with E-state index in [0.717, 1.165) is 45.8 Å². The van der Waals surface area contributed by atoms with Crippen LogP contribution < -0.4 is 5.73 Å². The number of hydrogen-bond donors (Lipinski definition) is 1. The highest BCUT2D eigenvalue weighted by Gasteiger charge is 2.43. The van der Waals surface area contributed by atoms with Gasteiger partial charge in [0.2, 0.25) is 0 Å². The van der Waals surface area contributed by atoms with E-state index >= 15 is 0 Å². The van der Waals surface area contributed by atoms with Gasteiger partial charge >= 0.3 is 0 Å². The van der Waals surface area contributed by atoms with E-state index in [9.17, 15) is 0 Å². The van der Waals surface area contributed by atoms with Gasteiger partial charge in [-0.3, -0.25) is 4.98 Å². The summed E-state index contributed by atoms with van der Waals surface area (Å²) in [4.78, 5) is 13.8. The maximum absolute atomic E-state index is 5.93. The minimum absolute atomic E-state index is 0.353. The second-order valence-electron chi connectivity index (χ2n) is 6.42. The number of pyridine rings is 1. The van der Waals surface area contributed by atoms with Gasteiger partial charge in [0.25, 0.3) is 0 Å². The largest absolute Gasteiger partial charge is 0.399 e. The summed E-state index contributed by atoms with van der Waals surface area (Å²) in [7, 11) is 1.71. The van der Waals surface area contributed by atoms with Crippen LogP contribution in [-0.4, -0.2) is 22.1 Å². The lowest BCUT2D eigenvalue weighted by molar-refractivity contribution is 0.186. The molecule has 4 rings (SSSR count). The van der Waals surface area contributed by atoms with Crippen LogP contribution in [0, 0.1) is 6.92 Å². The molecule has 2 aromatic heterocycles. The minimum atomic E-state index is 0.353.